The van der Waals surface area contributed by atoms with E-state index in [0.717, 1.165) is 12.8 Å². The Bertz CT molecular complexity index is 131. The summed E-state index contributed by atoms with van der Waals surface area (Å²) < 4.78 is 4.86. The van der Waals surface area contributed by atoms with Gasteiger partial charge in [-0.15, -0.1) is 0 Å². The van der Waals surface area contributed by atoms with Crippen molar-refractivity contribution in [3.05, 3.63) is 0 Å². The molecular weight excluding hydrogens is 128 g/mol. The molecule has 0 aromatic rings. The molecule has 0 aromatic carbocycles. The molecule has 0 radical (unpaired) electrons. The fraction of sp³-hybridized carbons (Fsp3) is 0.875. The first-order valence-corrected chi connectivity index (χ1v) is 3.96. The van der Waals surface area contributed by atoms with Gasteiger partial charge in [0.25, 0.3) is 0 Å². The fourth-order valence-electron chi connectivity index (χ4n) is 1.24. The number of carbonyl (C=O) groups is 1. The van der Waals surface area contributed by atoms with E-state index in [1.165, 1.54) is 0 Å². The van der Waals surface area contributed by atoms with Crippen molar-refractivity contribution in [2.24, 2.45) is 11.8 Å². The van der Waals surface area contributed by atoms with Crippen LogP contribution in [0.4, 0.5) is 0 Å². The van der Waals surface area contributed by atoms with Crippen LogP contribution in [0, 0.1) is 11.8 Å². The number of ether oxygens (including phenoxy) is 1. The summed E-state index contributed by atoms with van der Waals surface area (Å²) in [5.41, 5.74) is 0. The zero-order chi connectivity index (χ0) is 7.56. The second-order valence-electron chi connectivity index (χ2n) is 2.76. The van der Waals surface area contributed by atoms with Crippen LogP contribution in [0.2, 0.25) is 0 Å². The average Bonchev–Trinajstić information content (AvgIpc) is 2.66. The molecule has 0 aliphatic heterocycles. The van der Waals surface area contributed by atoms with Crippen LogP contribution in [0.1, 0.15) is 26.7 Å². The molecule has 1 fully saturated rings. The van der Waals surface area contributed by atoms with Gasteiger partial charge in [0.05, 0.1) is 12.5 Å². The molecule has 0 amide bonds. The smallest absolute Gasteiger partial charge is 0.309 e. The van der Waals surface area contributed by atoms with Crippen LogP contribution in [-0.4, -0.2) is 12.6 Å². The first kappa shape index (κ1) is 7.58. The molecule has 0 bridgehead atoms. The van der Waals surface area contributed by atoms with E-state index >= 15 is 0 Å². The lowest BCUT2D eigenvalue weighted by atomic mass is 10.2. The van der Waals surface area contributed by atoms with E-state index in [1.54, 1.807) is 0 Å². The quantitative estimate of drug-likeness (QED) is 0.559. The van der Waals surface area contributed by atoms with Gasteiger partial charge in [0, 0.05) is 0 Å². The molecular formula is C8H14O2. The molecule has 2 heteroatoms. The fourth-order valence-corrected chi connectivity index (χ4v) is 1.24. The Hall–Kier alpha value is -0.530. The zero-order valence-electron chi connectivity index (χ0n) is 6.59. The van der Waals surface area contributed by atoms with Crippen LogP contribution in [0.25, 0.3) is 0 Å². The lowest BCUT2D eigenvalue weighted by molar-refractivity contribution is -0.145. The van der Waals surface area contributed by atoms with Crippen molar-refractivity contribution in [3.8, 4) is 0 Å². The van der Waals surface area contributed by atoms with Crippen LogP contribution in [0.3, 0.4) is 0 Å². The highest BCUT2D eigenvalue weighted by Gasteiger charge is 2.42. The Balaban J connectivity index is 2.19. The summed E-state index contributed by atoms with van der Waals surface area (Å²) in [4.78, 5) is 11.0. The van der Waals surface area contributed by atoms with Gasteiger partial charge in [-0.3, -0.25) is 4.79 Å². The molecule has 2 atom stereocenters. The Kier molecular flexibility index (Phi) is 2.30. The van der Waals surface area contributed by atoms with Crippen molar-refractivity contribution in [3.63, 3.8) is 0 Å². The standard InChI is InChI=1S/C8H14O2/c1-3-6-5-7(6)8(9)10-4-2/h6-7H,3-5H2,1-2H3/t6-,7?/m1/s1. The van der Waals surface area contributed by atoms with Gasteiger partial charge < -0.3 is 4.74 Å². The van der Waals surface area contributed by atoms with Gasteiger partial charge >= 0.3 is 5.97 Å². The molecule has 1 aliphatic carbocycles. The van der Waals surface area contributed by atoms with Gasteiger partial charge in [-0.25, -0.2) is 0 Å². The molecule has 0 N–H and O–H groups in total. The van der Waals surface area contributed by atoms with Crippen molar-refractivity contribution in [2.75, 3.05) is 6.61 Å². The first-order valence-electron chi connectivity index (χ1n) is 3.96. The van der Waals surface area contributed by atoms with E-state index < -0.39 is 0 Å². The molecule has 1 saturated carbocycles. The predicted octanol–water partition coefficient (Wildman–Crippen LogP) is 1.60. The van der Waals surface area contributed by atoms with Crippen LogP contribution < -0.4 is 0 Å². The maximum Gasteiger partial charge on any atom is 0.309 e. The molecule has 1 rings (SSSR count). The van der Waals surface area contributed by atoms with E-state index in [4.69, 9.17) is 4.74 Å². The highest BCUT2D eigenvalue weighted by atomic mass is 16.5. The van der Waals surface area contributed by atoms with E-state index in [2.05, 4.69) is 6.92 Å². The monoisotopic (exact) mass is 142 g/mol. The Morgan fingerprint density at radius 3 is 2.70 bits per heavy atom. The third-order valence-electron chi connectivity index (χ3n) is 2.04. The number of esters is 1. The number of hydrogen-bond acceptors (Lipinski definition) is 2. The SMILES string of the molecule is CCOC(=O)C1C[C@H]1CC. The Labute approximate surface area is 61.6 Å². The minimum atomic E-state index is 0.00866. The van der Waals surface area contributed by atoms with Gasteiger partial charge in [0.15, 0.2) is 0 Å². The van der Waals surface area contributed by atoms with Gasteiger partial charge in [-0.1, -0.05) is 13.3 Å². The number of carbonyl (C=O) groups excluding carboxylic acids is 1. The summed E-state index contributed by atoms with van der Waals surface area (Å²) in [7, 11) is 0. The van der Waals surface area contributed by atoms with E-state index in [-0.39, 0.29) is 11.9 Å². The summed E-state index contributed by atoms with van der Waals surface area (Å²) in [5, 5.41) is 0. The maximum absolute atomic E-state index is 11.0. The first-order chi connectivity index (χ1) is 4.79. The van der Waals surface area contributed by atoms with Crippen LogP contribution in [0.5, 0.6) is 0 Å². The minimum Gasteiger partial charge on any atom is -0.466 e. The largest absolute Gasteiger partial charge is 0.466 e. The van der Waals surface area contributed by atoms with E-state index in [0.29, 0.717) is 12.5 Å². The topological polar surface area (TPSA) is 26.3 Å². The molecule has 58 valence electrons. The van der Waals surface area contributed by atoms with E-state index in [9.17, 15) is 4.79 Å². The molecule has 0 saturated heterocycles. The van der Waals surface area contributed by atoms with Crippen LogP contribution in [-0.2, 0) is 9.53 Å². The summed E-state index contributed by atoms with van der Waals surface area (Å²) >= 11 is 0. The van der Waals surface area contributed by atoms with Crippen molar-refractivity contribution < 1.29 is 9.53 Å². The summed E-state index contributed by atoms with van der Waals surface area (Å²) in [6.07, 6.45) is 2.17. The number of hydrogen-bond donors (Lipinski definition) is 0. The summed E-state index contributed by atoms with van der Waals surface area (Å²) in [6, 6.07) is 0. The second-order valence-corrected chi connectivity index (χ2v) is 2.76. The molecule has 2 nitrogen and oxygen atoms in total. The molecule has 0 aromatic heterocycles. The third-order valence-corrected chi connectivity index (χ3v) is 2.04. The molecule has 10 heavy (non-hydrogen) atoms. The lowest BCUT2D eigenvalue weighted by Gasteiger charge is -1.97. The summed E-state index contributed by atoms with van der Waals surface area (Å²) in [6.45, 7) is 4.48. The van der Waals surface area contributed by atoms with Crippen molar-refractivity contribution in [1.29, 1.82) is 0 Å². The van der Waals surface area contributed by atoms with Gasteiger partial charge in [-0.2, -0.15) is 0 Å². The van der Waals surface area contributed by atoms with Gasteiger partial charge in [0.1, 0.15) is 0 Å². The third kappa shape index (κ3) is 1.49. The number of rotatable bonds is 3. The lowest BCUT2D eigenvalue weighted by Crippen LogP contribution is -2.07. The normalized spacial score (nSPS) is 29.8. The van der Waals surface area contributed by atoms with Crippen LogP contribution >= 0.6 is 0 Å². The summed E-state index contributed by atoms with van der Waals surface area (Å²) in [5.74, 6) is 0.873. The second kappa shape index (κ2) is 3.04. The van der Waals surface area contributed by atoms with Gasteiger partial charge in [0.2, 0.25) is 0 Å². The Morgan fingerprint density at radius 2 is 2.30 bits per heavy atom. The average molecular weight is 142 g/mol. The highest BCUT2D eigenvalue weighted by molar-refractivity contribution is 5.75. The van der Waals surface area contributed by atoms with Gasteiger partial charge in [-0.05, 0) is 19.3 Å². The predicted molar refractivity (Wildman–Crippen MR) is 38.5 cm³/mol. The van der Waals surface area contributed by atoms with Crippen molar-refractivity contribution in [1.82, 2.24) is 0 Å². The molecule has 0 heterocycles. The Morgan fingerprint density at radius 1 is 1.60 bits per heavy atom. The molecule has 1 aliphatic rings. The zero-order valence-corrected chi connectivity index (χ0v) is 6.59. The minimum absolute atomic E-state index is 0.00866. The van der Waals surface area contributed by atoms with Crippen molar-refractivity contribution >= 4 is 5.97 Å². The maximum atomic E-state index is 11.0. The molecule has 1 unspecified atom stereocenters. The van der Waals surface area contributed by atoms with E-state index in [1.807, 2.05) is 6.92 Å². The molecule has 0 spiro atoms. The van der Waals surface area contributed by atoms with Crippen molar-refractivity contribution in [2.45, 2.75) is 26.7 Å². The van der Waals surface area contributed by atoms with Crippen LogP contribution in [0.15, 0.2) is 0 Å². The highest BCUT2D eigenvalue weighted by Crippen LogP contribution is 2.41.